The number of benzene rings is 1. The molecule has 1 saturated heterocycles. The number of rotatable bonds is 5. The molecular weight excluding hydrogens is 434 g/mol. The molecule has 1 atom stereocenters. The summed E-state index contributed by atoms with van der Waals surface area (Å²) in [6.07, 6.45) is 2.47. The summed E-state index contributed by atoms with van der Waals surface area (Å²) >= 11 is 0. The molecule has 1 unspecified atom stereocenters. The SMILES string of the molecule is CCNC(=NCc1ccc(F)c(C)c1)N1CCCC(CC(N)=O)C1.I. The maximum absolute atomic E-state index is 13.4. The van der Waals surface area contributed by atoms with Crippen molar-refractivity contribution >= 4 is 35.8 Å². The van der Waals surface area contributed by atoms with Gasteiger partial charge in [0.1, 0.15) is 5.82 Å². The maximum Gasteiger partial charge on any atom is 0.217 e. The van der Waals surface area contributed by atoms with Gasteiger partial charge < -0.3 is 16.0 Å². The molecule has 1 heterocycles. The molecule has 1 aliphatic rings. The van der Waals surface area contributed by atoms with E-state index in [4.69, 9.17) is 5.73 Å². The van der Waals surface area contributed by atoms with Crippen molar-refractivity contribution in [3.05, 3.63) is 35.1 Å². The first-order valence-corrected chi connectivity index (χ1v) is 8.56. The van der Waals surface area contributed by atoms with Crippen LogP contribution in [0.2, 0.25) is 0 Å². The van der Waals surface area contributed by atoms with E-state index in [1.165, 1.54) is 6.07 Å². The number of likely N-dealkylation sites (tertiary alicyclic amines) is 1. The van der Waals surface area contributed by atoms with Crippen LogP contribution in [-0.2, 0) is 11.3 Å². The van der Waals surface area contributed by atoms with Gasteiger partial charge in [-0.05, 0) is 49.8 Å². The summed E-state index contributed by atoms with van der Waals surface area (Å²) in [5, 5.41) is 3.31. The monoisotopic (exact) mass is 462 g/mol. The van der Waals surface area contributed by atoms with E-state index in [-0.39, 0.29) is 41.6 Å². The lowest BCUT2D eigenvalue weighted by Crippen LogP contribution is -2.47. The Balaban J connectivity index is 0.00000312. The quantitative estimate of drug-likeness (QED) is 0.402. The molecule has 0 aliphatic carbocycles. The molecule has 1 amide bonds. The molecule has 2 rings (SSSR count). The molecule has 0 saturated carbocycles. The Labute approximate surface area is 166 Å². The van der Waals surface area contributed by atoms with E-state index in [0.717, 1.165) is 44.0 Å². The van der Waals surface area contributed by atoms with Gasteiger partial charge in [-0.2, -0.15) is 0 Å². The third-order valence-electron chi connectivity index (χ3n) is 4.28. The fraction of sp³-hybridized carbons (Fsp3) is 0.556. The van der Waals surface area contributed by atoms with Gasteiger partial charge in [0.15, 0.2) is 5.96 Å². The smallest absolute Gasteiger partial charge is 0.217 e. The Hall–Kier alpha value is -1.38. The number of guanidine groups is 1. The van der Waals surface area contributed by atoms with Crippen LogP contribution in [0.3, 0.4) is 0 Å². The molecule has 1 aliphatic heterocycles. The summed E-state index contributed by atoms with van der Waals surface area (Å²) in [4.78, 5) is 18.0. The average Bonchev–Trinajstić information content (AvgIpc) is 2.54. The van der Waals surface area contributed by atoms with E-state index in [1.54, 1.807) is 13.0 Å². The van der Waals surface area contributed by atoms with Gasteiger partial charge in [-0.1, -0.05) is 12.1 Å². The molecule has 3 N–H and O–H groups in total. The molecule has 0 aromatic heterocycles. The minimum atomic E-state index is -0.245. The van der Waals surface area contributed by atoms with E-state index in [0.29, 0.717) is 18.5 Å². The van der Waals surface area contributed by atoms with Crippen LogP contribution in [0.25, 0.3) is 0 Å². The van der Waals surface area contributed by atoms with Crippen LogP contribution in [0.5, 0.6) is 0 Å². The van der Waals surface area contributed by atoms with Gasteiger partial charge in [0.05, 0.1) is 6.54 Å². The normalized spacial score (nSPS) is 17.8. The summed E-state index contributed by atoms with van der Waals surface area (Å²) in [6, 6.07) is 5.08. The second-order valence-corrected chi connectivity index (χ2v) is 6.38. The molecule has 1 fully saturated rings. The van der Waals surface area contributed by atoms with Crippen molar-refractivity contribution in [2.45, 2.75) is 39.7 Å². The van der Waals surface area contributed by atoms with Gasteiger partial charge in [-0.15, -0.1) is 24.0 Å². The predicted octanol–water partition coefficient (Wildman–Crippen LogP) is 2.81. The van der Waals surface area contributed by atoms with Crippen LogP contribution < -0.4 is 11.1 Å². The fourth-order valence-corrected chi connectivity index (χ4v) is 3.11. The largest absolute Gasteiger partial charge is 0.370 e. The van der Waals surface area contributed by atoms with Gasteiger partial charge in [-0.25, -0.2) is 9.38 Å². The molecule has 140 valence electrons. The maximum atomic E-state index is 13.4. The van der Waals surface area contributed by atoms with Gasteiger partial charge in [0, 0.05) is 26.1 Å². The summed E-state index contributed by atoms with van der Waals surface area (Å²) < 4.78 is 13.4. The number of carbonyl (C=O) groups excluding carboxylic acids is 1. The van der Waals surface area contributed by atoms with Gasteiger partial charge in [0.2, 0.25) is 5.91 Å². The summed E-state index contributed by atoms with van der Waals surface area (Å²) in [5.41, 5.74) is 6.94. The van der Waals surface area contributed by atoms with Crippen molar-refractivity contribution in [1.82, 2.24) is 10.2 Å². The Bertz CT molecular complexity index is 609. The first-order valence-electron chi connectivity index (χ1n) is 8.56. The van der Waals surface area contributed by atoms with Crippen LogP contribution in [0.15, 0.2) is 23.2 Å². The lowest BCUT2D eigenvalue weighted by molar-refractivity contribution is -0.119. The number of aryl methyl sites for hydroxylation is 1. The number of nitrogens with two attached hydrogens (primary N) is 1. The van der Waals surface area contributed by atoms with Gasteiger partial charge >= 0.3 is 0 Å². The molecule has 1 aromatic rings. The van der Waals surface area contributed by atoms with Crippen LogP contribution in [0.4, 0.5) is 4.39 Å². The zero-order valence-corrected chi connectivity index (χ0v) is 17.3. The van der Waals surface area contributed by atoms with Gasteiger partial charge in [-0.3, -0.25) is 4.79 Å². The van der Waals surface area contributed by atoms with Crippen molar-refractivity contribution in [1.29, 1.82) is 0 Å². The molecule has 25 heavy (non-hydrogen) atoms. The molecular formula is C18H28FIN4O. The highest BCUT2D eigenvalue weighted by molar-refractivity contribution is 14.0. The fourth-order valence-electron chi connectivity index (χ4n) is 3.11. The number of aliphatic imine (C=N–C) groups is 1. The third-order valence-corrected chi connectivity index (χ3v) is 4.28. The Morgan fingerprint density at radius 3 is 2.88 bits per heavy atom. The number of amides is 1. The second kappa shape index (κ2) is 10.6. The van der Waals surface area contributed by atoms with Crippen LogP contribution in [0.1, 0.15) is 37.3 Å². The summed E-state index contributed by atoms with van der Waals surface area (Å²) in [5.74, 6) is 0.687. The first-order chi connectivity index (χ1) is 11.5. The van der Waals surface area contributed by atoms with E-state index < -0.39 is 0 Å². The number of carbonyl (C=O) groups is 1. The summed E-state index contributed by atoms with van der Waals surface area (Å²) in [6.45, 7) is 6.77. The summed E-state index contributed by atoms with van der Waals surface area (Å²) in [7, 11) is 0. The highest BCUT2D eigenvalue weighted by Crippen LogP contribution is 2.19. The molecule has 1 aromatic carbocycles. The predicted molar refractivity (Wildman–Crippen MR) is 109 cm³/mol. The number of hydrogen-bond acceptors (Lipinski definition) is 2. The van der Waals surface area contributed by atoms with E-state index in [1.807, 2.05) is 13.0 Å². The molecule has 0 bridgehead atoms. The standard InChI is InChI=1S/C18H27FN4O.HI/c1-3-21-18(22-11-14-6-7-16(19)13(2)9-14)23-8-4-5-15(12-23)10-17(20)24;/h6-7,9,15H,3-5,8,10-12H2,1-2H3,(H2,20,24)(H,21,22);1H. The van der Waals surface area contributed by atoms with Crippen molar-refractivity contribution in [3.63, 3.8) is 0 Å². The number of piperidine rings is 1. The minimum absolute atomic E-state index is 0. The Kier molecular flexibility index (Phi) is 9.16. The van der Waals surface area contributed by atoms with Crippen LogP contribution in [0, 0.1) is 18.7 Å². The number of nitrogens with one attached hydrogen (secondary N) is 1. The topological polar surface area (TPSA) is 70.7 Å². The Morgan fingerprint density at radius 1 is 1.48 bits per heavy atom. The van der Waals surface area contributed by atoms with Crippen molar-refractivity contribution in [3.8, 4) is 0 Å². The van der Waals surface area contributed by atoms with E-state index in [9.17, 15) is 9.18 Å². The van der Waals surface area contributed by atoms with Crippen LogP contribution >= 0.6 is 24.0 Å². The lowest BCUT2D eigenvalue weighted by Gasteiger charge is -2.34. The van der Waals surface area contributed by atoms with Gasteiger partial charge in [0.25, 0.3) is 0 Å². The zero-order chi connectivity index (χ0) is 17.5. The Morgan fingerprint density at radius 2 is 2.24 bits per heavy atom. The number of hydrogen-bond donors (Lipinski definition) is 2. The molecule has 0 radical (unpaired) electrons. The average molecular weight is 462 g/mol. The highest BCUT2D eigenvalue weighted by atomic mass is 127. The molecule has 5 nitrogen and oxygen atoms in total. The number of halogens is 2. The zero-order valence-electron chi connectivity index (χ0n) is 14.9. The number of nitrogens with zero attached hydrogens (tertiary/aromatic N) is 2. The highest BCUT2D eigenvalue weighted by Gasteiger charge is 2.23. The minimum Gasteiger partial charge on any atom is -0.370 e. The van der Waals surface area contributed by atoms with Crippen molar-refractivity contribution in [2.24, 2.45) is 16.6 Å². The molecule has 0 spiro atoms. The molecule has 7 heteroatoms. The number of primary amides is 1. The van der Waals surface area contributed by atoms with Crippen molar-refractivity contribution < 1.29 is 9.18 Å². The second-order valence-electron chi connectivity index (χ2n) is 6.38. The first kappa shape index (κ1) is 21.7. The third kappa shape index (κ3) is 6.80. The van der Waals surface area contributed by atoms with E-state index >= 15 is 0 Å². The lowest BCUT2D eigenvalue weighted by atomic mass is 9.95. The van der Waals surface area contributed by atoms with Crippen molar-refractivity contribution in [2.75, 3.05) is 19.6 Å². The van der Waals surface area contributed by atoms with Crippen LogP contribution in [-0.4, -0.2) is 36.4 Å². The van der Waals surface area contributed by atoms with E-state index in [2.05, 4.69) is 15.2 Å².